The Morgan fingerprint density at radius 1 is 1.06 bits per heavy atom. The predicted octanol–water partition coefficient (Wildman–Crippen LogP) is 5.14. The quantitative estimate of drug-likeness (QED) is 0.433. The molecular weight excluding hydrogens is 428 g/mol. The van der Waals surface area contributed by atoms with Crippen LogP contribution in [0.2, 0.25) is 0 Å². The van der Waals surface area contributed by atoms with Gasteiger partial charge in [-0.05, 0) is 29.8 Å². The first-order chi connectivity index (χ1) is 15.3. The van der Waals surface area contributed by atoms with Gasteiger partial charge in [-0.2, -0.15) is 13.2 Å². The molecule has 0 saturated carbocycles. The van der Waals surface area contributed by atoms with Crippen molar-refractivity contribution in [3.8, 4) is 22.5 Å². The number of rotatable bonds is 5. The highest BCUT2D eigenvalue weighted by Crippen LogP contribution is 2.39. The number of alkyl halides is 3. The molecule has 4 aromatic rings. The van der Waals surface area contributed by atoms with Gasteiger partial charge in [-0.25, -0.2) is 14.4 Å². The average molecular weight is 442 g/mol. The van der Waals surface area contributed by atoms with Gasteiger partial charge in [0.1, 0.15) is 17.8 Å². The molecule has 0 bridgehead atoms. The predicted molar refractivity (Wildman–Crippen MR) is 107 cm³/mol. The van der Waals surface area contributed by atoms with Crippen molar-refractivity contribution in [2.45, 2.75) is 12.6 Å². The number of nitrogens with zero attached hydrogens (tertiary/aromatic N) is 3. The zero-order valence-electron chi connectivity index (χ0n) is 16.2. The van der Waals surface area contributed by atoms with Crippen LogP contribution in [0.3, 0.4) is 0 Å². The van der Waals surface area contributed by atoms with Crippen molar-refractivity contribution < 1.29 is 26.9 Å². The lowest BCUT2D eigenvalue weighted by molar-refractivity contribution is -0.137. The first-order valence-electron chi connectivity index (χ1n) is 9.29. The van der Waals surface area contributed by atoms with E-state index in [1.165, 1.54) is 18.6 Å². The van der Waals surface area contributed by atoms with Crippen LogP contribution in [0.25, 0.3) is 22.5 Å². The second kappa shape index (κ2) is 8.58. The van der Waals surface area contributed by atoms with E-state index in [-0.39, 0.29) is 34.8 Å². The normalized spacial score (nSPS) is 11.4. The van der Waals surface area contributed by atoms with Gasteiger partial charge in [0.05, 0.1) is 23.2 Å². The lowest BCUT2D eigenvalue weighted by Crippen LogP contribution is -2.14. The lowest BCUT2D eigenvalue weighted by Gasteiger charge is -2.09. The van der Waals surface area contributed by atoms with Gasteiger partial charge in [0.15, 0.2) is 0 Å². The van der Waals surface area contributed by atoms with E-state index >= 15 is 0 Å². The molecule has 0 atom stereocenters. The Balaban J connectivity index is 1.76. The molecule has 0 spiro atoms. The molecule has 2 aromatic heterocycles. The standard InChI is InChI=1S/C22H14F4N4O2/c23-16-10-14(9-15(11-16)22(24,25)26)20-19(17-6-7-27-12-28-17)21(32-30-20)29-18(31)8-13-4-2-1-3-5-13/h1-7,9-12H,8H2,(H,29,31). The summed E-state index contributed by atoms with van der Waals surface area (Å²) < 4.78 is 58.8. The van der Waals surface area contributed by atoms with Crippen molar-refractivity contribution in [3.05, 3.63) is 84.1 Å². The van der Waals surface area contributed by atoms with E-state index in [0.717, 1.165) is 17.7 Å². The summed E-state index contributed by atoms with van der Waals surface area (Å²) in [6, 6.07) is 12.4. The van der Waals surface area contributed by atoms with E-state index in [1.54, 1.807) is 24.3 Å². The summed E-state index contributed by atoms with van der Waals surface area (Å²) in [5, 5.41) is 6.37. The molecule has 2 heterocycles. The topological polar surface area (TPSA) is 80.9 Å². The SMILES string of the molecule is O=C(Cc1ccccc1)Nc1onc(-c2cc(F)cc(C(F)(F)F)c2)c1-c1ccncn1. The molecular formula is C22H14F4N4O2. The van der Waals surface area contributed by atoms with Crippen LogP contribution in [0.15, 0.2) is 71.6 Å². The highest BCUT2D eigenvalue weighted by Gasteiger charge is 2.32. The van der Waals surface area contributed by atoms with Crippen LogP contribution in [0.1, 0.15) is 11.1 Å². The third-order valence-corrected chi connectivity index (χ3v) is 4.49. The Morgan fingerprint density at radius 3 is 2.53 bits per heavy atom. The minimum Gasteiger partial charge on any atom is -0.337 e. The van der Waals surface area contributed by atoms with Crippen molar-refractivity contribution >= 4 is 11.8 Å². The molecule has 0 aliphatic heterocycles. The Kier molecular flexibility index (Phi) is 5.67. The molecule has 6 nitrogen and oxygen atoms in total. The number of amides is 1. The molecule has 0 aliphatic carbocycles. The van der Waals surface area contributed by atoms with Crippen LogP contribution in [-0.4, -0.2) is 21.0 Å². The van der Waals surface area contributed by atoms with Gasteiger partial charge < -0.3 is 4.52 Å². The molecule has 10 heteroatoms. The molecule has 0 saturated heterocycles. The fourth-order valence-corrected chi connectivity index (χ4v) is 3.09. The molecule has 0 radical (unpaired) electrons. The first kappa shape index (κ1) is 21.2. The zero-order chi connectivity index (χ0) is 22.7. The highest BCUT2D eigenvalue weighted by molar-refractivity contribution is 5.97. The number of aromatic nitrogens is 3. The molecule has 162 valence electrons. The minimum absolute atomic E-state index is 0.0261. The highest BCUT2D eigenvalue weighted by atomic mass is 19.4. The summed E-state index contributed by atoms with van der Waals surface area (Å²) in [5.41, 5.74) is -0.398. The van der Waals surface area contributed by atoms with Gasteiger partial charge in [-0.3, -0.25) is 10.1 Å². The maximum absolute atomic E-state index is 14.0. The summed E-state index contributed by atoms with van der Waals surface area (Å²) in [5.74, 6) is -1.66. The number of anilines is 1. The smallest absolute Gasteiger partial charge is 0.337 e. The average Bonchev–Trinajstić information content (AvgIpc) is 3.17. The Morgan fingerprint density at radius 2 is 1.84 bits per heavy atom. The van der Waals surface area contributed by atoms with Gasteiger partial charge in [-0.1, -0.05) is 35.5 Å². The largest absolute Gasteiger partial charge is 0.416 e. The van der Waals surface area contributed by atoms with Crippen LogP contribution in [0.5, 0.6) is 0 Å². The van der Waals surface area contributed by atoms with Crippen molar-refractivity contribution in [2.75, 3.05) is 5.32 Å². The second-order valence-electron chi connectivity index (χ2n) is 6.77. The first-order valence-corrected chi connectivity index (χ1v) is 9.29. The molecule has 1 N–H and O–H groups in total. The molecule has 1 amide bonds. The summed E-state index contributed by atoms with van der Waals surface area (Å²) in [6.07, 6.45) is -2.11. The molecule has 0 fully saturated rings. The van der Waals surface area contributed by atoms with Gasteiger partial charge in [-0.15, -0.1) is 0 Å². The molecule has 32 heavy (non-hydrogen) atoms. The van der Waals surface area contributed by atoms with Crippen LogP contribution in [-0.2, 0) is 17.4 Å². The Hall–Kier alpha value is -4.08. The summed E-state index contributed by atoms with van der Waals surface area (Å²) in [7, 11) is 0. The van der Waals surface area contributed by atoms with E-state index in [1.807, 2.05) is 6.07 Å². The van der Waals surface area contributed by atoms with E-state index in [4.69, 9.17) is 4.52 Å². The minimum atomic E-state index is -4.76. The zero-order valence-corrected chi connectivity index (χ0v) is 16.2. The fourth-order valence-electron chi connectivity index (χ4n) is 3.09. The number of halogens is 4. The van der Waals surface area contributed by atoms with Crippen molar-refractivity contribution in [1.29, 1.82) is 0 Å². The van der Waals surface area contributed by atoms with Crippen LogP contribution in [0, 0.1) is 5.82 Å². The Bertz CT molecular complexity index is 1240. The maximum Gasteiger partial charge on any atom is 0.416 e. The van der Waals surface area contributed by atoms with Gasteiger partial charge in [0.25, 0.3) is 0 Å². The van der Waals surface area contributed by atoms with Crippen LogP contribution < -0.4 is 5.32 Å². The van der Waals surface area contributed by atoms with E-state index < -0.39 is 23.5 Å². The van der Waals surface area contributed by atoms with Gasteiger partial charge in [0.2, 0.25) is 11.8 Å². The van der Waals surface area contributed by atoms with E-state index in [9.17, 15) is 22.4 Å². The summed E-state index contributed by atoms with van der Waals surface area (Å²) in [4.78, 5) is 20.4. The Labute approximate surface area is 178 Å². The number of hydrogen-bond donors (Lipinski definition) is 1. The van der Waals surface area contributed by atoms with E-state index in [0.29, 0.717) is 6.07 Å². The van der Waals surface area contributed by atoms with Crippen molar-refractivity contribution in [2.24, 2.45) is 0 Å². The lowest BCUT2D eigenvalue weighted by atomic mass is 10.0. The summed E-state index contributed by atoms with van der Waals surface area (Å²) in [6.45, 7) is 0. The number of nitrogens with one attached hydrogen (secondary N) is 1. The number of carbonyl (C=O) groups is 1. The van der Waals surface area contributed by atoms with Crippen LogP contribution in [0.4, 0.5) is 23.4 Å². The monoisotopic (exact) mass is 442 g/mol. The number of hydrogen-bond acceptors (Lipinski definition) is 5. The van der Waals surface area contributed by atoms with Gasteiger partial charge in [0, 0.05) is 11.8 Å². The molecule has 0 aliphatic rings. The number of benzene rings is 2. The summed E-state index contributed by atoms with van der Waals surface area (Å²) >= 11 is 0. The van der Waals surface area contributed by atoms with Crippen LogP contribution >= 0.6 is 0 Å². The molecule has 2 aromatic carbocycles. The molecule has 4 rings (SSSR count). The third kappa shape index (κ3) is 4.64. The fraction of sp³-hybridized carbons (Fsp3) is 0.0909. The van der Waals surface area contributed by atoms with Crippen molar-refractivity contribution in [3.63, 3.8) is 0 Å². The van der Waals surface area contributed by atoms with E-state index in [2.05, 4.69) is 20.4 Å². The number of carbonyl (C=O) groups excluding carboxylic acids is 1. The maximum atomic E-state index is 14.0. The molecule has 0 unspecified atom stereocenters. The second-order valence-corrected chi connectivity index (χ2v) is 6.77. The van der Waals surface area contributed by atoms with Gasteiger partial charge >= 0.3 is 6.18 Å². The third-order valence-electron chi connectivity index (χ3n) is 4.49. The van der Waals surface area contributed by atoms with Crippen molar-refractivity contribution in [1.82, 2.24) is 15.1 Å².